The van der Waals surface area contributed by atoms with Gasteiger partial charge in [-0.05, 0) is 6.07 Å². The highest BCUT2D eigenvalue weighted by Crippen LogP contribution is 2.36. The van der Waals surface area contributed by atoms with Crippen LogP contribution >= 0.6 is 23.2 Å². The summed E-state index contributed by atoms with van der Waals surface area (Å²) in [5, 5.41) is 0.0712. The van der Waals surface area contributed by atoms with Crippen LogP contribution in [0.15, 0.2) is 12.1 Å². The number of aromatic nitrogens is 1. The molecule has 0 unspecified atom stereocenters. The highest BCUT2D eigenvalue weighted by atomic mass is 35.5. The van der Waals surface area contributed by atoms with Gasteiger partial charge in [-0.25, -0.2) is 9.37 Å². The molecule has 6 heteroatoms. The number of benzene rings is 1. The maximum atomic E-state index is 13.5. The maximum absolute atomic E-state index is 13.5. The number of pyridine rings is 1. The molecule has 0 saturated heterocycles. The molecule has 0 aliphatic carbocycles. The summed E-state index contributed by atoms with van der Waals surface area (Å²) >= 11 is 11.5. The Morgan fingerprint density at radius 1 is 1.12 bits per heavy atom. The van der Waals surface area contributed by atoms with Crippen molar-refractivity contribution >= 4 is 34.1 Å². The molecule has 0 fully saturated rings. The largest absolute Gasteiger partial charge is 0.493 e. The average Bonchev–Trinajstić information content (AvgIpc) is 2.34. The van der Waals surface area contributed by atoms with Gasteiger partial charge in [-0.3, -0.25) is 0 Å². The highest BCUT2D eigenvalue weighted by Gasteiger charge is 2.15. The van der Waals surface area contributed by atoms with Crippen LogP contribution in [0.2, 0.25) is 10.2 Å². The van der Waals surface area contributed by atoms with Gasteiger partial charge in [0.15, 0.2) is 22.5 Å². The smallest absolute Gasteiger partial charge is 0.179 e. The summed E-state index contributed by atoms with van der Waals surface area (Å²) in [6, 6.07) is 3.15. The molecular formula is C11H8Cl2FNO2. The molecule has 0 atom stereocenters. The molecule has 1 aromatic heterocycles. The summed E-state index contributed by atoms with van der Waals surface area (Å²) in [5.74, 6) is 0.185. The molecule has 17 heavy (non-hydrogen) atoms. The standard InChI is InChI=1S/C11H8Cl2FNO2/c1-16-7-3-5-6(4-8(7)17-2)15-11(13)10(14)9(5)12/h3-4H,1-2H3. The van der Waals surface area contributed by atoms with Crippen molar-refractivity contribution in [2.24, 2.45) is 0 Å². The first kappa shape index (κ1) is 12.2. The maximum Gasteiger partial charge on any atom is 0.179 e. The molecule has 0 bridgehead atoms. The van der Waals surface area contributed by atoms with Gasteiger partial charge in [-0.2, -0.15) is 0 Å². The molecule has 0 amide bonds. The Balaban J connectivity index is 2.83. The molecule has 0 aliphatic rings. The number of hydrogen-bond donors (Lipinski definition) is 0. The second-order valence-corrected chi connectivity index (χ2v) is 3.99. The van der Waals surface area contributed by atoms with Crippen LogP contribution in [-0.2, 0) is 0 Å². The number of ether oxygens (including phenoxy) is 2. The Morgan fingerprint density at radius 2 is 1.71 bits per heavy atom. The van der Waals surface area contributed by atoms with Gasteiger partial charge in [0.05, 0.1) is 24.8 Å². The Hall–Kier alpha value is -1.26. The molecular weight excluding hydrogens is 268 g/mol. The first-order valence-corrected chi connectivity index (χ1v) is 5.40. The molecule has 2 aromatic rings. The van der Waals surface area contributed by atoms with Gasteiger partial charge >= 0.3 is 0 Å². The number of fused-ring (bicyclic) bond motifs is 1. The minimum atomic E-state index is -0.743. The quantitative estimate of drug-likeness (QED) is 0.784. The first-order valence-electron chi connectivity index (χ1n) is 4.64. The van der Waals surface area contributed by atoms with Crippen LogP contribution in [0.25, 0.3) is 10.9 Å². The summed E-state index contributed by atoms with van der Waals surface area (Å²) in [6.07, 6.45) is 0. The van der Waals surface area contributed by atoms with E-state index in [1.807, 2.05) is 0 Å². The van der Waals surface area contributed by atoms with E-state index in [0.29, 0.717) is 22.4 Å². The average molecular weight is 276 g/mol. The van der Waals surface area contributed by atoms with Crippen LogP contribution in [-0.4, -0.2) is 19.2 Å². The second-order valence-electron chi connectivity index (χ2n) is 3.25. The number of nitrogens with zero attached hydrogens (tertiary/aromatic N) is 1. The van der Waals surface area contributed by atoms with E-state index in [2.05, 4.69) is 4.98 Å². The third-order valence-electron chi connectivity index (χ3n) is 2.33. The molecule has 1 heterocycles. The third kappa shape index (κ3) is 1.98. The van der Waals surface area contributed by atoms with Crippen molar-refractivity contribution in [3.05, 3.63) is 28.1 Å². The van der Waals surface area contributed by atoms with Crippen molar-refractivity contribution in [3.63, 3.8) is 0 Å². The lowest BCUT2D eigenvalue weighted by atomic mass is 10.2. The van der Waals surface area contributed by atoms with Gasteiger partial charge in [0.1, 0.15) is 0 Å². The van der Waals surface area contributed by atoms with Gasteiger partial charge in [0.2, 0.25) is 0 Å². The van der Waals surface area contributed by atoms with Crippen LogP contribution < -0.4 is 9.47 Å². The van der Waals surface area contributed by atoms with Crippen LogP contribution in [0.3, 0.4) is 0 Å². The van der Waals surface area contributed by atoms with E-state index in [0.717, 1.165) is 0 Å². The fraction of sp³-hybridized carbons (Fsp3) is 0.182. The highest BCUT2D eigenvalue weighted by molar-refractivity contribution is 6.38. The van der Waals surface area contributed by atoms with E-state index in [1.165, 1.54) is 14.2 Å². The van der Waals surface area contributed by atoms with Crippen LogP contribution in [0.5, 0.6) is 11.5 Å². The van der Waals surface area contributed by atoms with Crippen molar-refractivity contribution in [2.75, 3.05) is 14.2 Å². The topological polar surface area (TPSA) is 31.4 Å². The van der Waals surface area contributed by atoms with Crippen molar-refractivity contribution < 1.29 is 13.9 Å². The molecule has 0 radical (unpaired) electrons. The lowest BCUT2D eigenvalue weighted by Crippen LogP contribution is -1.94. The molecule has 3 nitrogen and oxygen atoms in total. The fourth-order valence-electron chi connectivity index (χ4n) is 1.50. The Morgan fingerprint density at radius 3 is 2.29 bits per heavy atom. The normalized spacial score (nSPS) is 10.6. The summed E-state index contributed by atoms with van der Waals surface area (Å²) in [5.41, 5.74) is 0.444. The van der Waals surface area contributed by atoms with Gasteiger partial charge in [0.25, 0.3) is 0 Å². The minimum Gasteiger partial charge on any atom is -0.493 e. The SMILES string of the molecule is COc1cc2nc(Cl)c(F)c(Cl)c2cc1OC. The summed E-state index contributed by atoms with van der Waals surface area (Å²) in [6.45, 7) is 0. The van der Waals surface area contributed by atoms with Crippen LogP contribution in [0, 0.1) is 5.82 Å². The number of halogens is 3. The first-order chi connectivity index (χ1) is 8.08. The Bertz CT molecular complexity index is 589. The van der Waals surface area contributed by atoms with Gasteiger partial charge < -0.3 is 9.47 Å². The molecule has 1 aromatic carbocycles. The van der Waals surface area contributed by atoms with E-state index < -0.39 is 5.82 Å². The molecule has 0 aliphatic heterocycles. The predicted molar refractivity (Wildman–Crippen MR) is 64.8 cm³/mol. The number of methoxy groups -OCH3 is 2. The molecule has 0 saturated carbocycles. The van der Waals surface area contributed by atoms with Crippen molar-refractivity contribution in [1.82, 2.24) is 4.98 Å². The second kappa shape index (κ2) is 4.55. The van der Waals surface area contributed by atoms with Crippen molar-refractivity contribution in [3.8, 4) is 11.5 Å². The zero-order valence-corrected chi connectivity index (χ0v) is 10.6. The number of hydrogen-bond acceptors (Lipinski definition) is 3. The lowest BCUT2D eigenvalue weighted by Gasteiger charge is -2.10. The third-order valence-corrected chi connectivity index (χ3v) is 2.95. The predicted octanol–water partition coefficient (Wildman–Crippen LogP) is 3.70. The van der Waals surface area contributed by atoms with Crippen LogP contribution in [0.4, 0.5) is 4.39 Å². The van der Waals surface area contributed by atoms with E-state index >= 15 is 0 Å². The van der Waals surface area contributed by atoms with E-state index in [-0.39, 0.29) is 10.2 Å². The van der Waals surface area contributed by atoms with E-state index in [9.17, 15) is 4.39 Å². The number of rotatable bonds is 2. The van der Waals surface area contributed by atoms with Gasteiger partial charge in [0, 0.05) is 11.5 Å². The molecule has 90 valence electrons. The summed E-state index contributed by atoms with van der Waals surface area (Å²) < 4.78 is 23.7. The molecule has 2 rings (SSSR count). The summed E-state index contributed by atoms with van der Waals surface area (Å²) in [4.78, 5) is 3.89. The molecule has 0 spiro atoms. The summed E-state index contributed by atoms with van der Waals surface area (Å²) in [7, 11) is 2.98. The monoisotopic (exact) mass is 275 g/mol. The Labute approximate surface area is 107 Å². The zero-order valence-electron chi connectivity index (χ0n) is 9.05. The fourth-order valence-corrected chi connectivity index (χ4v) is 1.97. The van der Waals surface area contributed by atoms with Gasteiger partial charge in [-0.15, -0.1) is 0 Å². The van der Waals surface area contributed by atoms with E-state index in [1.54, 1.807) is 12.1 Å². The lowest BCUT2D eigenvalue weighted by molar-refractivity contribution is 0.356. The zero-order chi connectivity index (χ0) is 12.6. The van der Waals surface area contributed by atoms with Gasteiger partial charge in [-0.1, -0.05) is 23.2 Å². The molecule has 0 N–H and O–H groups in total. The van der Waals surface area contributed by atoms with E-state index in [4.69, 9.17) is 32.7 Å². The van der Waals surface area contributed by atoms with Crippen molar-refractivity contribution in [2.45, 2.75) is 0 Å². The Kier molecular flexibility index (Phi) is 3.26. The van der Waals surface area contributed by atoms with Crippen LogP contribution in [0.1, 0.15) is 0 Å². The van der Waals surface area contributed by atoms with Crippen molar-refractivity contribution in [1.29, 1.82) is 0 Å². The minimum absolute atomic E-state index is 0.0825.